The van der Waals surface area contributed by atoms with Gasteiger partial charge < -0.3 is 4.52 Å². The Bertz CT molecular complexity index is 246. The number of nitrogens with zero attached hydrogens (tertiary/aromatic N) is 1. The van der Waals surface area contributed by atoms with Crippen molar-refractivity contribution in [1.82, 2.24) is 8.69 Å². The maximum absolute atomic E-state index is 10.8. The molecule has 10 heavy (non-hydrogen) atoms. The second-order valence-corrected chi connectivity index (χ2v) is 2.29. The number of halogens is 1. The van der Waals surface area contributed by atoms with Gasteiger partial charge in [0.15, 0.2) is 5.69 Å². The monoisotopic (exact) mass is 252 g/mol. The lowest BCUT2D eigenvalue weighted by Crippen LogP contribution is -2.11. The van der Waals surface area contributed by atoms with Crippen LogP contribution in [-0.2, 0) is 0 Å². The fraction of sp³-hybridized carbons (Fsp3) is 0.200. The van der Waals surface area contributed by atoms with Crippen LogP contribution in [0, 0.1) is 6.92 Å². The van der Waals surface area contributed by atoms with Crippen LogP contribution >= 0.6 is 22.9 Å². The van der Waals surface area contributed by atoms with Crippen LogP contribution in [0.5, 0.6) is 0 Å². The summed E-state index contributed by atoms with van der Waals surface area (Å²) in [6.45, 7) is 1.73. The van der Waals surface area contributed by atoms with Gasteiger partial charge in [-0.25, -0.2) is 0 Å². The minimum absolute atomic E-state index is 0.238. The highest BCUT2D eigenvalue weighted by molar-refractivity contribution is 14.1. The molecule has 0 unspecified atom stereocenters. The molecule has 1 rings (SSSR count). The van der Waals surface area contributed by atoms with E-state index in [4.69, 9.17) is 0 Å². The number of nitrogens with one attached hydrogen (secondary N) is 1. The molecule has 0 aliphatic rings. The van der Waals surface area contributed by atoms with Gasteiger partial charge in [0.05, 0.1) is 22.9 Å². The van der Waals surface area contributed by atoms with E-state index in [9.17, 15) is 4.79 Å². The van der Waals surface area contributed by atoms with Crippen LogP contribution in [0.2, 0.25) is 0 Å². The Morgan fingerprint density at radius 1 is 1.90 bits per heavy atom. The van der Waals surface area contributed by atoms with E-state index < -0.39 is 0 Å². The number of carbonyl (C=O) groups is 1. The fourth-order valence-electron chi connectivity index (χ4n) is 0.522. The van der Waals surface area contributed by atoms with Crippen molar-refractivity contribution in [2.45, 2.75) is 6.92 Å². The Morgan fingerprint density at radius 3 is 3.00 bits per heavy atom. The van der Waals surface area contributed by atoms with Crippen LogP contribution in [0.4, 0.5) is 0 Å². The highest BCUT2D eigenvalue weighted by Gasteiger charge is 2.07. The van der Waals surface area contributed by atoms with Crippen LogP contribution in [0.25, 0.3) is 0 Å². The minimum Gasteiger partial charge on any atom is -0.361 e. The Hall–Kier alpha value is -0.590. The van der Waals surface area contributed by atoms with E-state index in [0.717, 1.165) is 0 Å². The van der Waals surface area contributed by atoms with Crippen molar-refractivity contribution in [3.63, 3.8) is 0 Å². The van der Waals surface area contributed by atoms with Crippen molar-refractivity contribution >= 4 is 28.8 Å². The Morgan fingerprint density at radius 2 is 2.60 bits per heavy atom. The topological polar surface area (TPSA) is 55.1 Å². The molecule has 0 aromatic carbocycles. The first-order valence-corrected chi connectivity index (χ1v) is 3.66. The van der Waals surface area contributed by atoms with Gasteiger partial charge in [-0.3, -0.25) is 8.32 Å². The molecule has 54 valence electrons. The van der Waals surface area contributed by atoms with Gasteiger partial charge in [-0.05, 0) is 6.92 Å². The van der Waals surface area contributed by atoms with Gasteiger partial charge in [0.1, 0.15) is 5.76 Å². The summed E-state index contributed by atoms with van der Waals surface area (Å²) in [7, 11) is 0. The molecule has 0 aliphatic carbocycles. The standard InChI is InChI=1S/C5H5IN2O2/c1-3-2-4(8-10-3)5(9)7-6/h2H,1H3,(H,7,9). The molecule has 5 heteroatoms. The second kappa shape index (κ2) is 3.00. The largest absolute Gasteiger partial charge is 0.361 e. The molecule has 0 fully saturated rings. The number of aryl methyl sites for hydroxylation is 1. The first-order valence-electron chi connectivity index (χ1n) is 2.58. The molecular formula is C5H5IN2O2. The molecule has 0 aliphatic heterocycles. The predicted octanol–water partition coefficient (Wildman–Crippen LogP) is 1.06. The van der Waals surface area contributed by atoms with Crippen LogP contribution in [0.3, 0.4) is 0 Å². The lowest BCUT2D eigenvalue weighted by molar-refractivity contribution is 0.0981. The van der Waals surface area contributed by atoms with Crippen molar-refractivity contribution in [1.29, 1.82) is 0 Å². The van der Waals surface area contributed by atoms with Gasteiger partial charge in [0.25, 0.3) is 5.91 Å². The van der Waals surface area contributed by atoms with Crippen molar-refractivity contribution in [2.75, 3.05) is 0 Å². The summed E-state index contributed by atoms with van der Waals surface area (Å²) in [6, 6.07) is 1.58. The maximum atomic E-state index is 10.8. The quantitative estimate of drug-likeness (QED) is 0.600. The Labute approximate surface area is 71.5 Å². The van der Waals surface area contributed by atoms with E-state index >= 15 is 0 Å². The van der Waals surface area contributed by atoms with Crippen LogP contribution in [0.15, 0.2) is 10.6 Å². The summed E-state index contributed by atoms with van der Waals surface area (Å²) in [5.41, 5.74) is 0.312. The van der Waals surface area contributed by atoms with Gasteiger partial charge >= 0.3 is 0 Å². The third kappa shape index (κ3) is 1.47. The third-order valence-electron chi connectivity index (χ3n) is 0.946. The van der Waals surface area contributed by atoms with Crippen molar-refractivity contribution < 1.29 is 9.32 Å². The summed E-state index contributed by atoms with van der Waals surface area (Å²) >= 11 is 1.75. The highest BCUT2D eigenvalue weighted by atomic mass is 127. The number of rotatable bonds is 1. The summed E-state index contributed by atoms with van der Waals surface area (Å²) < 4.78 is 7.08. The van der Waals surface area contributed by atoms with E-state index in [0.29, 0.717) is 11.5 Å². The normalized spacial score (nSPS) is 9.40. The molecule has 0 spiro atoms. The van der Waals surface area contributed by atoms with E-state index in [2.05, 4.69) is 13.2 Å². The molecule has 0 saturated heterocycles. The Kier molecular flexibility index (Phi) is 2.25. The molecule has 4 nitrogen and oxygen atoms in total. The number of hydrogen-bond donors (Lipinski definition) is 1. The lowest BCUT2D eigenvalue weighted by Gasteiger charge is -1.86. The summed E-state index contributed by atoms with van der Waals surface area (Å²) in [5.74, 6) is 0.396. The van der Waals surface area contributed by atoms with Crippen LogP contribution in [-0.4, -0.2) is 11.1 Å². The van der Waals surface area contributed by atoms with Crippen LogP contribution in [0.1, 0.15) is 16.2 Å². The van der Waals surface area contributed by atoms with E-state index in [1.165, 1.54) is 0 Å². The summed E-state index contributed by atoms with van der Waals surface area (Å²) in [6.07, 6.45) is 0. The maximum Gasteiger partial charge on any atom is 0.282 e. The molecule has 1 heterocycles. The van der Waals surface area contributed by atoms with Gasteiger partial charge in [-0.15, -0.1) is 0 Å². The van der Waals surface area contributed by atoms with E-state index in [-0.39, 0.29) is 5.91 Å². The van der Waals surface area contributed by atoms with E-state index in [1.54, 1.807) is 35.9 Å². The first kappa shape index (κ1) is 7.52. The molecule has 1 N–H and O–H groups in total. The van der Waals surface area contributed by atoms with Crippen LogP contribution < -0.4 is 3.53 Å². The zero-order valence-electron chi connectivity index (χ0n) is 5.22. The van der Waals surface area contributed by atoms with Crippen molar-refractivity contribution in [3.05, 3.63) is 17.5 Å². The predicted molar refractivity (Wildman–Crippen MR) is 42.7 cm³/mol. The lowest BCUT2D eigenvalue weighted by atomic mass is 10.4. The molecule has 0 radical (unpaired) electrons. The smallest absolute Gasteiger partial charge is 0.282 e. The number of amides is 1. The molecular weight excluding hydrogens is 247 g/mol. The Balaban J connectivity index is 2.85. The average Bonchev–Trinajstić information content (AvgIpc) is 2.34. The van der Waals surface area contributed by atoms with Crippen molar-refractivity contribution in [3.8, 4) is 0 Å². The zero-order valence-corrected chi connectivity index (χ0v) is 7.38. The number of carbonyl (C=O) groups excluding carboxylic acids is 1. The summed E-state index contributed by atoms with van der Waals surface area (Å²) in [4.78, 5) is 10.8. The van der Waals surface area contributed by atoms with Crippen molar-refractivity contribution in [2.24, 2.45) is 0 Å². The highest BCUT2D eigenvalue weighted by Crippen LogP contribution is 2.00. The summed E-state index contributed by atoms with van der Waals surface area (Å²) in [5, 5.41) is 3.49. The zero-order chi connectivity index (χ0) is 7.56. The second-order valence-electron chi connectivity index (χ2n) is 1.75. The van der Waals surface area contributed by atoms with E-state index in [1.807, 2.05) is 0 Å². The molecule has 0 atom stereocenters. The molecule has 1 amide bonds. The van der Waals surface area contributed by atoms with Gasteiger partial charge in [0, 0.05) is 6.07 Å². The SMILES string of the molecule is Cc1cc(C(=O)NI)no1. The molecule has 1 aromatic heterocycles. The number of aromatic nitrogens is 1. The fourth-order valence-corrected chi connectivity index (χ4v) is 0.798. The van der Waals surface area contributed by atoms with Gasteiger partial charge in [0.2, 0.25) is 0 Å². The minimum atomic E-state index is -0.238. The molecule has 0 saturated carbocycles. The molecule has 0 bridgehead atoms. The van der Waals surface area contributed by atoms with Gasteiger partial charge in [-0.1, -0.05) is 5.16 Å². The third-order valence-corrected chi connectivity index (χ3v) is 1.44. The average molecular weight is 252 g/mol. The van der Waals surface area contributed by atoms with Gasteiger partial charge in [-0.2, -0.15) is 0 Å². The number of hydrogen-bond acceptors (Lipinski definition) is 3. The first-order chi connectivity index (χ1) is 4.74. The molecule has 1 aromatic rings.